The molecule has 1 aromatic carbocycles. The predicted molar refractivity (Wildman–Crippen MR) is 97.2 cm³/mol. The van der Waals surface area contributed by atoms with Gasteiger partial charge in [0, 0.05) is 29.7 Å². The van der Waals surface area contributed by atoms with Crippen LogP contribution in [0.2, 0.25) is 0 Å². The fraction of sp³-hybridized carbons (Fsp3) is 0.421. The molecular formula is C19H24N4O2. The minimum absolute atomic E-state index is 0.160. The smallest absolute Gasteiger partial charge is 0.322 e. The Hall–Kier alpha value is -2.47. The molecule has 0 aliphatic carbocycles. The number of aryl methyl sites for hydroxylation is 1. The molecule has 2 heterocycles. The third-order valence-electron chi connectivity index (χ3n) is 4.52. The van der Waals surface area contributed by atoms with Crippen molar-refractivity contribution >= 4 is 11.7 Å². The lowest BCUT2D eigenvalue weighted by Crippen LogP contribution is -2.49. The summed E-state index contributed by atoms with van der Waals surface area (Å²) in [6.45, 7) is 6.09. The Bertz CT molecular complexity index is 753. The molecule has 2 aromatic rings. The first-order chi connectivity index (χ1) is 11.8. The second-order valence-electron chi connectivity index (χ2n) is 7.03. The second kappa shape index (κ2) is 6.80. The van der Waals surface area contributed by atoms with E-state index >= 15 is 0 Å². The lowest BCUT2D eigenvalue weighted by Gasteiger charge is -2.33. The fourth-order valence-electron chi connectivity index (χ4n) is 3.23. The van der Waals surface area contributed by atoms with Crippen molar-refractivity contribution in [3.05, 3.63) is 42.2 Å². The average Bonchev–Trinajstić information content (AvgIpc) is 3.06. The van der Waals surface area contributed by atoms with Crippen LogP contribution in [0.1, 0.15) is 32.4 Å². The molecule has 1 aliphatic heterocycles. The van der Waals surface area contributed by atoms with Crippen LogP contribution in [0, 0.1) is 6.92 Å². The van der Waals surface area contributed by atoms with Gasteiger partial charge in [-0.2, -0.15) is 0 Å². The highest BCUT2D eigenvalue weighted by atomic mass is 16.3. The van der Waals surface area contributed by atoms with Gasteiger partial charge in [0.25, 0.3) is 0 Å². The van der Waals surface area contributed by atoms with Crippen LogP contribution in [0.15, 0.2) is 36.5 Å². The number of hydrogen-bond donors (Lipinski definition) is 2. The number of carbonyl (C=O) groups excluding carboxylic acids is 1. The van der Waals surface area contributed by atoms with Crippen molar-refractivity contribution in [3.8, 4) is 11.4 Å². The molecule has 6 heteroatoms. The maximum atomic E-state index is 12.6. The number of amides is 2. The minimum atomic E-state index is -0.903. The number of rotatable bonds is 3. The fourth-order valence-corrected chi connectivity index (χ4v) is 3.23. The quantitative estimate of drug-likeness (QED) is 0.899. The van der Waals surface area contributed by atoms with Gasteiger partial charge >= 0.3 is 6.03 Å². The number of carbonyl (C=O) groups is 1. The summed E-state index contributed by atoms with van der Waals surface area (Å²) in [4.78, 5) is 22.9. The van der Waals surface area contributed by atoms with Gasteiger partial charge < -0.3 is 15.3 Å². The molecule has 2 N–H and O–H groups in total. The average molecular weight is 340 g/mol. The highest BCUT2D eigenvalue weighted by Crippen LogP contribution is 2.27. The molecule has 1 aromatic heterocycles. The molecule has 1 fully saturated rings. The topological polar surface area (TPSA) is 78.4 Å². The third-order valence-corrected chi connectivity index (χ3v) is 4.52. The van der Waals surface area contributed by atoms with Crippen molar-refractivity contribution in [1.82, 2.24) is 14.9 Å². The first kappa shape index (κ1) is 17.4. The number of aromatic nitrogens is 2. The number of benzene rings is 1. The van der Waals surface area contributed by atoms with Crippen LogP contribution in [-0.2, 0) is 0 Å². The highest BCUT2D eigenvalue weighted by molar-refractivity contribution is 5.90. The van der Waals surface area contributed by atoms with Crippen molar-refractivity contribution in [2.24, 2.45) is 0 Å². The second-order valence-corrected chi connectivity index (χ2v) is 7.03. The Morgan fingerprint density at radius 1 is 1.28 bits per heavy atom. The van der Waals surface area contributed by atoms with E-state index in [9.17, 15) is 9.90 Å². The Kier molecular flexibility index (Phi) is 4.72. The van der Waals surface area contributed by atoms with E-state index in [2.05, 4.69) is 15.3 Å². The van der Waals surface area contributed by atoms with Crippen molar-refractivity contribution in [2.45, 2.75) is 45.3 Å². The van der Waals surface area contributed by atoms with Crippen LogP contribution in [-0.4, -0.2) is 44.2 Å². The molecule has 1 unspecified atom stereocenters. The van der Waals surface area contributed by atoms with Crippen LogP contribution < -0.4 is 5.32 Å². The predicted octanol–water partition coefficient (Wildman–Crippen LogP) is 3.22. The number of hydrogen-bond acceptors (Lipinski definition) is 4. The van der Waals surface area contributed by atoms with E-state index in [1.165, 1.54) is 0 Å². The summed E-state index contributed by atoms with van der Waals surface area (Å²) < 4.78 is 0. The molecule has 1 aliphatic rings. The third kappa shape index (κ3) is 3.96. The molecule has 6 nitrogen and oxygen atoms in total. The lowest BCUT2D eigenvalue weighted by atomic mass is 9.97. The van der Waals surface area contributed by atoms with Crippen LogP contribution in [0.4, 0.5) is 10.5 Å². The molecule has 0 saturated carbocycles. The summed E-state index contributed by atoms with van der Waals surface area (Å²) in [5.41, 5.74) is 1.62. The van der Waals surface area contributed by atoms with Gasteiger partial charge in [0.05, 0.1) is 11.6 Å². The van der Waals surface area contributed by atoms with E-state index in [-0.39, 0.29) is 12.1 Å². The summed E-state index contributed by atoms with van der Waals surface area (Å²) in [7, 11) is 0. The molecule has 0 radical (unpaired) electrons. The molecular weight excluding hydrogens is 316 g/mol. The number of aliphatic hydroxyl groups is 1. The molecule has 132 valence electrons. The van der Waals surface area contributed by atoms with Gasteiger partial charge in [-0.1, -0.05) is 0 Å². The summed E-state index contributed by atoms with van der Waals surface area (Å²) in [6, 6.07) is 8.98. The zero-order chi connectivity index (χ0) is 18.0. The molecule has 0 bridgehead atoms. The molecule has 1 atom stereocenters. The van der Waals surface area contributed by atoms with Gasteiger partial charge in [-0.25, -0.2) is 14.8 Å². The Morgan fingerprint density at radius 2 is 2.00 bits per heavy atom. The van der Waals surface area contributed by atoms with E-state index in [4.69, 9.17) is 0 Å². The Labute approximate surface area is 147 Å². The van der Waals surface area contributed by atoms with Crippen LogP contribution >= 0.6 is 0 Å². The first-order valence-electron chi connectivity index (χ1n) is 8.55. The zero-order valence-electron chi connectivity index (χ0n) is 14.9. The van der Waals surface area contributed by atoms with Gasteiger partial charge in [-0.15, -0.1) is 0 Å². The summed E-state index contributed by atoms with van der Waals surface area (Å²) >= 11 is 0. The van der Waals surface area contributed by atoms with Crippen molar-refractivity contribution in [3.63, 3.8) is 0 Å². The SMILES string of the molecule is Cc1ccnc(-c2ccc(NC(=O)N3CCCC3C(C)(C)O)cc2)n1. The normalized spacial score (nSPS) is 17.6. The van der Waals surface area contributed by atoms with E-state index in [0.29, 0.717) is 18.1 Å². The van der Waals surface area contributed by atoms with Crippen LogP contribution in [0.5, 0.6) is 0 Å². The van der Waals surface area contributed by atoms with Crippen LogP contribution in [0.3, 0.4) is 0 Å². The van der Waals surface area contributed by atoms with Gasteiger partial charge in [0.15, 0.2) is 5.82 Å². The van der Waals surface area contributed by atoms with Gasteiger partial charge in [0.2, 0.25) is 0 Å². The van der Waals surface area contributed by atoms with Gasteiger partial charge in [-0.3, -0.25) is 0 Å². The van der Waals surface area contributed by atoms with E-state index in [0.717, 1.165) is 24.1 Å². The molecule has 1 saturated heterocycles. The monoisotopic (exact) mass is 340 g/mol. The summed E-state index contributed by atoms with van der Waals surface area (Å²) in [5.74, 6) is 0.666. The molecule has 2 amide bonds. The highest BCUT2D eigenvalue weighted by Gasteiger charge is 2.38. The van der Waals surface area contributed by atoms with E-state index < -0.39 is 5.60 Å². The Balaban J connectivity index is 1.70. The van der Waals surface area contributed by atoms with Crippen molar-refractivity contribution < 1.29 is 9.90 Å². The van der Waals surface area contributed by atoms with Crippen LogP contribution in [0.25, 0.3) is 11.4 Å². The maximum absolute atomic E-state index is 12.6. The van der Waals surface area contributed by atoms with Gasteiger partial charge in [0.1, 0.15) is 0 Å². The largest absolute Gasteiger partial charge is 0.388 e. The number of anilines is 1. The number of urea groups is 1. The standard InChI is InChI=1S/C19H24N4O2/c1-13-10-11-20-17(21-13)14-6-8-15(9-7-14)22-18(24)23-12-4-5-16(23)19(2,3)25/h6-11,16,25H,4-5,12H2,1-3H3,(H,22,24). The van der Waals surface area contributed by atoms with Gasteiger partial charge in [-0.05, 0) is 63.9 Å². The zero-order valence-corrected chi connectivity index (χ0v) is 14.9. The lowest BCUT2D eigenvalue weighted by molar-refractivity contribution is 0.0117. The number of nitrogens with one attached hydrogen (secondary N) is 1. The van der Waals surface area contributed by atoms with E-state index in [1.54, 1.807) is 24.9 Å². The number of nitrogens with zero attached hydrogens (tertiary/aromatic N) is 3. The minimum Gasteiger partial charge on any atom is -0.388 e. The molecule has 25 heavy (non-hydrogen) atoms. The van der Waals surface area contributed by atoms with Crippen molar-refractivity contribution in [1.29, 1.82) is 0 Å². The first-order valence-corrected chi connectivity index (χ1v) is 8.55. The molecule has 3 rings (SSSR count). The Morgan fingerprint density at radius 3 is 2.64 bits per heavy atom. The molecule has 0 spiro atoms. The summed E-state index contributed by atoms with van der Waals surface area (Å²) in [5, 5.41) is 13.2. The summed E-state index contributed by atoms with van der Waals surface area (Å²) in [6.07, 6.45) is 3.46. The van der Waals surface area contributed by atoms with Crippen molar-refractivity contribution in [2.75, 3.05) is 11.9 Å². The van der Waals surface area contributed by atoms with E-state index in [1.807, 2.05) is 37.3 Å². The number of likely N-dealkylation sites (tertiary alicyclic amines) is 1. The maximum Gasteiger partial charge on any atom is 0.322 e.